The van der Waals surface area contributed by atoms with Gasteiger partial charge in [0.1, 0.15) is 5.75 Å². The van der Waals surface area contributed by atoms with Gasteiger partial charge in [0, 0.05) is 23.0 Å². The van der Waals surface area contributed by atoms with E-state index in [1.807, 2.05) is 36.4 Å². The zero-order valence-electron chi connectivity index (χ0n) is 17.7. The molecule has 6 heteroatoms. The molecular formula is C27H20ClN3O2. The highest BCUT2D eigenvalue weighted by Gasteiger charge is 2.22. The maximum absolute atomic E-state index is 13.6. The van der Waals surface area contributed by atoms with Gasteiger partial charge in [-0.15, -0.1) is 0 Å². The molecule has 1 aliphatic carbocycles. The second-order valence-corrected chi connectivity index (χ2v) is 8.52. The van der Waals surface area contributed by atoms with Gasteiger partial charge < -0.3 is 4.74 Å². The second kappa shape index (κ2) is 8.93. The van der Waals surface area contributed by atoms with Crippen molar-refractivity contribution in [3.63, 3.8) is 0 Å². The molecule has 5 rings (SSSR count). The molecule has 0 amide bonds. The minimum atomic E-state index is -0.206. The van der Waals surface area contributed by atoms with Crippen molar-refractivity contribution >= 4 is 17.3 Å². The normalized spacial score (nSPS) is 12.8. The number of para-hydroxylation sites is 1. The Labute approximate surface area is 196 Å². The SMILES string of the molecule is [C-]#[N+]c1ccccc1-c1cc(-c2cc(Cl)cc(OCC3CC3)c2)c(=O)n(-c2cccnc2)c1. The molecule has 0 bridgehead atoms. The zero-order valence-corrected chi connectivity index (χ0v) is 18.5. The van der Waals surface area contributed by atoms with E-state index in [1.165, 1.54) is 12.8 Å². The van der Waals surface area contributed by atoms with E-state index in [1.54, 1.807) is 47.4 Å². The molecule has 0 saturated heterocycles. The fourth-order valence-corrected chi connectivity index (χ4v) is 3.96. The van der Waals surface area contributed by atoms with Crippen molar-refractivity contribution in [2.24, 2.45) is 5.92 Å². The highest BCUT2D eigenvalue weighted by Crippen LogP contribution is 2.35. The minimum absolute atomic E-state index is 0.206. The standard InChI is InChI=1S/C27H20ClN3O2/c1-29-26-7-3-2-6-24(26)20-13-25(27(32)31(16-20)22-5-4-10-30-15-22)19-11-21(28)14-23(12-19)33-17-18-8-9-18/h2-7,10-16,18H,8-9,17H2. The lowest BCUT2D eigenvalue weighted by atomic mass is 10.00. The molecule has 0 unspecified atom stereocenters. The number of benzene rings is 2. The van der Waals surface area contributed by atoms with Gasteiger partial charge in [-0.05, 0) is 71.8 Å². The zero-order chi connectivity index (χ0) is 22.8. The van der Waals surface area contributed by atoms with E-state index >= 15 is 0 Å². The van der Waals surface area contributed by atoms with Crippen LogP contribution in [0.2, 0.25) is 5.02 Å². The quantitative estimate of drug-likeness (QED) is 0.310. The lowest BCUT2D eigenvalue weighted by Crippen LogP contribution is -2.20. The Bertz CT molecular complexity index is 1420. The Kier molecular flexibility index (Phi) is 5.68. The molecule has 0 radical (unpaired) electrons. The van der Waals surface area contributed by atoms with Crippen LogP contribution < -0.4 is 10.3 Å². The van der Waals surface area contributed by atoms with Crippen LogP contribution in [0.25, 0.3) is 32.8 Å². The van der Waals surface area contributed by atoms with Crippen molar-refractivity contribution in [2.75, 3.05) is 6.61 Å². The third-order valence-electron chi connectivity index (χ3n) is 5.64. The lowest BCUT2D eigenvalue weighted by Gasteiger charge is -2.14. The Balaban J connectivity index is 1.70. The smallest absolute Gasteiger partial charge is 0.263 e. The second-order valence-electron chi connectivity index (χ2n) is 8.09. The summed E-state index contributed by atoms with van der Waals surface area (Å²) < 4.78 is 7.50. The fourth-order valence-electron chi connectivity index (χ4n) is 3.74. The van der Waals surface area contributed by atoms with Crippen LogP contribution in [-0.2, 0) is 0 Å². The van der Waals surface area contributed by atoms with E-state index in [-0.39, 0.29) is 5.56 Å². The third kappa shape index (κ3) is 4.52. The van der Waals surface area contributed by atoms with Crippen molar-refractivity contribution in [1.82, 2.24) is 9.55 Å². The first-order valence-corrected chi connectivity index (χ1v) is 11.1. The van der Waals surface area contributed by atoms with E-state index in [0.29, 0.717) is 45.8 Å². The molecule has 1 fully saturated rings. The van der Waals surface area contributed by atoms with Crippen LogP contribution in [0.1, 0.15) is 12.8 Å². The van der Waals surface area contributed by atoms with Crippen LogP contribution >= 0.6 is 11.6 Å². The number of hydrogen-bond donors (Lipinski definition) is 0. The topological polar surface area (TPSA) is 48.5 Å². The highest BCUT2D eigenvalue weighted by atomic mass is 35.5. The number of nitrogens with zero attached hydrogens (tertiary/aromatic N) is 3. The van der Waals surface area contributed by atoms with Gasteiger partial charge >= 0.3 is 0 Å². The van der Waals surface area contributed by atoms with Crippen molar-refractivity contribution in [3.8, 4) is 33.7 Å². The average molecular weight is 454 g/mol. The molecule has 162 valence electrons. The largest absolute Gasteiger partial charge is 0.493 e. The van der Waals surface area contributed by atoms with Crippen LogP contribution in [0.3, 0.4) is 0 Å². The van der Waals surface area contributed by atoms with Gasteiger partial charge in [0.25, 0.3) is 5.56 Å². The van der Waals surface area contributed by atoms with E-state index in [0.717, 1.165) is 11.1 Å². The molecule has 0 N–H and O–H groups in total. The molecular weight excluding hydrogens is 434 g/mol. The van der Waals surface area contributed by atoms with E-state index < -0.39 is 0 Å². The Hall–Kier alpha value is -3.88. The van der Waals surface area contributed by atoms with Gasteiger partial charge in [0.2, 0.25) is 0 Å². The first-order chi connectivity index (χ1) is 16.1. The van der Waals surface area contributed by atoms with Crippen molar-refractivity contribution in [3.05, 3.63) is 106 Å². The van der Waals surface area contributed by atoms with Crippen LogP contribution in [0, 0.1) is 12.5 Å². The van der Waals surface area contributed by atoms with Crippen LogP contribution in [-0.4, -0.2) is 16.2 Å². The van der Waals surface area contributed by atoms with Gasteiger partial charge in [0.15, 0.2) is 5.69 Å². The minimum Gasteiger partial charge on any atom is -0.493 e. The van der Waals surface area contributed by atoms with Crippen molar-refractivity contribution < 1.29 is 4.74 Å². The van der Waals surface area contributed by atoms with Crippen molar-refractivity contribution in [1.29, 1.82) is 0 Å². The average Bonchev–Trinajstić information content (AvgIpc) is 3.68. The Morgan fingerprint density at radius 1 is 1.06 bits per heavy atom. The van der Waals surface area contributed by atoms with Crippen LogP contribution in [0.5, 0.6) is 5.75 Å². The molecule has 4 aromatic rings. The monoisotopic (exact) mass is 453 g/mol. The maximum Gasteiger partial charge on any atom is 0.263 e. The summed E-state index contributed by atoms with van der Waals surface area (Å²) in [6.45, 7) is 8.22. The molecule has 5 nitrogen and oxygen atoms in total. The van der Waals surface area contributed by atoms with Gasteiger partial charge in [0.05, 0.1) is 25.1 Å². The molecule has 0 aliphatic heterocycles. The Morgan fingerprint density at radius 2 is 1.91 bits per heavy atom. The van der Waals surface area contributed by atoms with Crippen LogP contribution in [0.15, 0.2) is 84.0 Å². The van der Waals surface area contributed by atoms with Gasteiger partial charge in [-0.1, -0.05) is 35.9 Å². The molecule has 2 heterocycles. The summed E-state index contributed by atoms with van der Waals surface area (Å²) in [5.74, 6) is 1.24. The number of rotatable bonds is 6. The molecule has 1 aliphatic rings. The van der Waals surface area contributed by atoms with Crippen molar-refractivity contribution in [2.45, 2.75) is 12.8 Å². The van der Waals surface area contributed by atoms with Gasteiger partial charge in [-0.25, -0.2) is 4.85 Å². The van der Waals surface area contributed by atoms with E-state index in [4.69, 9.17) is 22.9 Å². The predicted octanol–water partition coefficient (Wildman–Crippen LogP) is 6.56. The summed E-state index contributed by atoms with van der Waals surface area (Å²) in [6, 6.07) is 18.2. The number of aromatic nitrogens is 2. The maximum atomic E-state index is 13.6. The molecule has 1 saturated carbocycles. The third-order valence-corrected chi connectivity index (χ3v) is 5.86. The first kappa shape index (κ1) is 21.0. The lowest BCUT2D eigenvalue weighted by molar-refractivity contribution is 0.300. The van der Waals surface area contributed by atoms with Gasteiger partial charge in [-0.2, -0.15) is 0 Å². The van der Waals surface area contributed by atoms with Gasteiger partial charge in [-0.3, -0.25) is 14.3 Å². The number of ether oxygens (including phenoxy) is 1. The molecule has 0 atom stereocenters. The molecule has 2 aromatic carbocycles. The summed E-state index contributed by atoms with van der Waals surface area (Å²) in [5, 5.41) is 0.498. The summed E-state index contributed by atoms with van der Waals surface area (Å²) in [6.07, 6.45) is 7.42. The fraction of sp³-hybridized carbons (Fsp3) is 0.148. The predicted molar refractivity (Wildman–Crippen MR) is 130 cm³/mol. The number of pyridine rings is 2. The molecule has 0 spiro atoms. The number of halogens is 1. The summed E-state index contributed by atoms with van der Waals surface area (Å²) in [7, 11) is 0. The number of hydrogen-bond acceptors (Lipinski definition) is 3. The summed E-state index contributed by atoms with van der Waals surface area (Å²) in [5.41, 5.74) is 3.58. The summed E-state index contributed by atoms with van der Waals surface area (Å²) >= 11 is 6.41. The summed E-state index contributed by atoms with van der Waals surface area (Å²) in [4.78, 5) is 21.4. The molecule has 33 heavy (non-hydrogen) atoms. The van der Waals surface area contributed by atoms with E-state index in [2.05, 4.69) is 9.83 Å². The molecule has 2 aromatic heterocycles. The Morgan fingerprint density at radius 3 is 2.67 bits per heavy atom. The first-order valence-electron chi connectivity index (χ1n) is 10.7. The van der Waals surface area contributed by atoms with Crippen LogP contribution in [0.4, 0.5) is 5.69 Å². The van der Waals surface area contributed by atoms with E-state index in [9.17, 15) is 4.79 Å². The highest BCUT2D eigenvalue weighted by molar-refractivity contribution is 6.31.